The number of quaternary nitrogens is 1. The summed E-state index contributed by atoms with van der Waals surface area (Å²) in [5.74, 6) is -0.944. The molecular formula is C8H19NO2. The Morgan fingerprint density at radius 2 is 1.91 bits per heavy atom. The lowest BCUT2D eigenvalue weighted by atomic mass is 9.88. The predicted molar refractivity (Wildman–Crippen MR) is 44.3 cm³/mol. The van der Waals surface area contributed by atoms with Gasteiger partial charge in [0, 0.05) is 11.4 Å². The Balaban J connectivity index is 0. The van der Waals surface area contributed by atoms with Crippen molar-refractivity contribution in [2.75, 3.05) is 0 Å². The van der Waals surface area contributed by atoms with Gasteiger partial charge >= 0.3 is 0 Å². The summed E-state index contributed by atoms with van der Waals surface area (Å²) in [4.78, 5) is 10.4. The molecule has 0 amide bonds. The van der Waals surface area contributed by atoms with Crippen LogP contribution in [0.2, 0.25) is 0 Å². The molecule has 0 aromatic heterocycles. The normalized spacial score (nSPS) is 10.5. The maximum Gasteiger partial charge on any atom is 0.0470 e. The molecule has 0 bridgehead atoms. The smallest absolute Gasteiger partial charge is 0.0470 e. The van der Waals surface area contributed by atoms with Crippen LogP contribution in [0.3, 0.4) is 0 Å². The van der Waals surface area contributed by atoms with Gasteiger partial charge in [-0.05, 0) is 6.42 Å². The molecule has 0 spiro atoms. The summed E-state index contributed by atoms with van der Waals surface area (Å²) in [7, 11) is 0. The summed E-state index contributed by atoms with van der Waals surface area (Å²) in [6.07, 6.45) is 2.71. The predicted octanol–water partition coefficient (Wildman–Crippen LogP) is 1.33. The Kier molecular flexibility index (Phi) is 6.09. The van der Waals surface area contributed by atoms with Gasteiger partial charge in [-0.25, -0.2) is 0 Å². The van der Waals surface area contributed by atoms with E-state index in [0.29, 0.717) is 6.42 Å². The summed E-state index contributed by atoms with van der Waals surface area (Å²) in [6, 6.07) is 0. The van der Waals surface area contributed by atoms with Crippen LogP contribution in [-0.4, -0.2) is 5.97 Å². The third-order valence-corrected chi connectivity index (χ3v) is 1.71. The molecule has 0 heterocycles. The van der Waals surface area contributed by atoms with E-state index in [1.54, 1.807) is 13.8 Å². The molecule has 0 aromatic carbocycles. The van der Waals surface area contributed by atoms with Gasteiger partial charge in [0.15, 0.2) is 0 Å². The highest BCUT2D eigenvalue weighted by atomic mass is 16.4. The maximum atomic E-state index is 10.4. The lowest BCUT2D eigenvalue weighted by Crippen LogP contribution is -2.37. The van der Waals surface area contributed by atoms with Crippen molar-refractivity contribution in [1.29, 1.82) is 0 Å². The number of carboxylic acid groups (broad SMARTS) is 1. The highest BCUT2D eigenvalue weighted by Crippen LogP contribution is 2.21. The van der Waals surface area contributed by atoms with Crippen LogP contribution in [0.1, 0.15) is 40.0 Å². The van der Waals surface area contributed by atoms with Gasteiger partial charge in [0.25, 0.3) is 0 Å². The third-order valence-electron chi connectivity index (χ3n) is 1.71. The fourth-order valence-electron chi connectivity index (χ4n) is 0.721. The Bertz CT molecular complexity index is 121. The van der Waals surface area contributed by atoms with Crippen LogP contribution in [0, 0.1) is 5.41 Å². The summed E-state index contributed by atoms with van der Waals surface area (Å²) >= 11 is 0. The second-order valence-electron chi connectivity index (χ2n) is 3.27. The number of carbonyl (C=O) groups excluding carboxylic acids is 1. The van der Waals surface area contributed by atoms with Gasteiger partial charge in [-0.3, -0.25) is 0 Å². The fourth-order valence-corrected chi connectivity index (χ4v) is 0.721. The standard InChI is InChI=1S/C8H16O2.H3N/c1-4-5-6-8(2,3)7(9)10;/h4-6H2,1-3H3,(H,9,10);1H3. The number of carboxylic acids is 1. The van der Waals surface area contributed by atoms with E-state index in [0.717, 1.165) is 12.8 Å². The second-order valence-corrected chi connectivity index (χ2v) is 3.27. The monoisotopic (exact) mass is 161 g/mol. The molecule has 11 heavy (non-hydrogen) atoms. The quantitative estimate of drug-likeness (QED) is 0.675. The van der Waals surface area contributed by atoms with E-state index in [-0.39, 0.29) is 6.15 Å². The van der Waals surface area contributed by atoms with Crippen molar-refractivity contribution in [3.05, 3.63) is 0 Å². The Labute approximate surface area is 68.4 Å². The van der Waals surface area contributed by atoms with Gasteiger partial charge in [0.1, 0.15) is 0 Å². The number of hydrogen-bond donors (Lipinski definition) is 1. The molecule has 0 radical (unpaired) electrons. The van der Waals surface area contributed by atoms with Crippen molar-refractivity contribution in [3.63, 3.8) is 0 Å². The van der Waals surface area contributed by atoms with Gasteiger partial charge in [-0.1, -0.05) is 33.6 Å². The van der Waals surface area contributed by atoms with E-state index in [9.17, 15) is 9.90 Å². The minimum Gasteiger partial charge on any atom is -0.550 e. The van der Waals surface area contributed by atoms with Crippen LogP contribution >= 0.6 is 0 Å². The Hall–Kier alpha value is -0.570. The first-order chi connectivity index (χ1) is 4.50. The van der Waals surface area contributed by atoms with Crippen LogP contribution in [-0.2, 0) is 4.79 Å². The molecular weight excluding hydrogens is 142 g/mol. The molecule has 0 saturated carbocycles. The molecule has 3 nitrogen and oxygen atoms in total. The van der Waals surface area contributed by atoms with Gasteiger partial charge in [-0.2, -0.15) is 0 Å². The number of aliphatic carboxylic acids is 1. The van der Waals surface area contributed by atoms with E-state index in [4.69, 9.17) is 0 Å². The lowest BCUT2D eigenvalue weighted by molar-refractivity contribution is -0.317. The number of unbranched alkanes of at least 4 members (excludes halogenated alkanes) is 1. The minimum absolute atomic E-state index is 0. The molecule has 0 saturated heterocycles. The molecule has 68 valence electrons. The van der Waals surface area contributed by atoms with Crippen LogP contribution in [0.15, 0.2) is 0 Å². The molecule has 0 aliphatic heterocycles. The van der Waals surface area contributed by atoms with E-state index in [1.807, 2.05) is 6.92 Å². The largest absolute Gasteiger partial charge is 0.550 e. The average Bonchev–Trinajstić information content (AvgIpc) is 1.84. The highest BCUT2D eigenvalue weighted by molar-refractivity contribution is 5.71. The lowest BCUT2D eigenvalue weighted by Gasteiger charge is -2.25. The van der Waals surface area contributed by atoms with Gasteiger partial charge in [0.05, 0.1) is 0 Å². The third kappa shape index (κ3) is 4.79. The maximum absolute atomic E-state index is 10.4. The highest BCUT2D eigenvalue weighted by Gasteiger charge is 2.17. The molecule has 3 heteroatoms. The van der Waals surface area contributed by atoms with Gasteiger partial charge in [0.2, 0.25) is 0 Å². The number of carbonyl (C=O) groups is 1. The molecule has 0 unspecified atom stereocenters. The second kappa shape index (κ2) is 5.13. The number of hydrogen-bond acceptors (Lipinski definition) is 2. The van der Waals surface area contributed by atoms with E-state index in [1.165, 1.54) is 0 Å². The molecule has 4 N–H and O–H groups in total. The first-order valence-corrected chi connectivity index (χ1v) is 3.72. The minimum atomic E-state index is -0.944. The van der Waals surface area contributed by atoms with Crippen molar-refractivity contribution in [3.8, 4) is 0 Å². The SMILES string of the molecule is CCCCC(C)(C)C(=O)[O-].[NH4+]. The van der Waals surface area contributed by atoms with Crippen LogP contribution in [0.25, 0.3) is 0 Å². The summed E-state index contributed by atoms with van der Waals surface area (Å²) in [5, 5.41) is 10.4. The van der Waals surface area contributed by atoms with E-state index >= 15 is 0 Å². The summed E-state index contributed by atoms with van der Waals surface area (Å²) in [6.45, 7) is 5.46. The van der Waals surface area contributed by atoms with Crippen molar-refractivity contribution in [2.45, 2.75) is 40.0 Å². The van der Waals surface area contributed by atoms with Crippen molar-refractivity contribution >= 4 is 5.97 Å². The van der Waals surface area contributed by atoms with E-state index in [2.05, 4.69) is 0 Å². The van der Waals surface area contributed by atoms with Crippen molar-refractivity contribution in [2.24, 2.45) is 5.41 Å². The number of rotatable bonds is 4. The van der Waals surface area contributed by atoms with Crippen molar-refractivity contribution in [1.82, 2.24) is 6.15 Å². The van der Waals surface area contributed by atoms with Crippen LogP contribution in [0.5, 0.6) is 0 Å². The topological polar surface area (TPSA) is 76.6 Å². The first-order valence-electron chi connectivity index (χ1n) is 3.72. The zero-order valence-electron chi connectivity index (χ0n) is 7.94. The summed E-state index contributed by atoms with van der Waals surface area (Å²) in [5.41, 5.74) is -0.643. The van der Waals surface area contributed by atoms with Crippen molar-refractivity contribution < 1.29 is 9.90 Å². The first kappa shape index (κ1) is 13.1. The molecule has 0 aliphatic carbocycles. The molecule has 0 aromatic rings. The fraction of sp³-hybridized carbons (Fsp3) is 0.875. The molecule has 0 rings (SSSR count). The molecule has 0 aliphatic rings. The average molecular weight is 161 g/mol. The van der Waals surface area contributed by atoms with Crippen LogP contribution < -0.4 is 11.3 Å². The Morgan fingerprint density at radius 3 is 2.18 bits per heavy atom. The van der Waals surface area contributed by atoms with E-state index < -0.39 is 11.4 Å². The molecule has 0 fully saturated rings. The molecule has 0 atom stereocenters. The van der Waals surface area contributed by atoms with Gasteiger partial charge < -0.3 is 16.1 Å². The summed E-state index contributed by atoms with van der Waals surface area (Å²) < 4.78 is 0. The zero-order valence-corrected chi connectivity index (χ0v) is 7.94. The zero-order chi connectivity index (χ0) is 8.20. The Morgan fingerprint density at radius 1 is 1.45 bits per heavy atom. The van der Waals surface area contributed by atoms with Gasteiger partial charge in [-0.15, -0.1) is 0 Å². The van der Waals surface area contributed by atoms with Crippen LogP contribution in [0.4, 0.5) is 0 Å².